The summed E-state index contributed by atoms with van der Waals surface area (Å²) in [6, 6.07) is 0. The van der Waals surface area contributed by atoms with E-state index in [9.17, 15) is 0 Å². The van der Waals surface area contributed by atoms with Crippen molar-refractivity contribution in [2.45, 2.75) is 78.8 Å². The van der Waals surface area contributed by atoms with Crippen LogP contribution in [0.1, 0.15) is 48.5 Å². The van der Waals surface area contributed by atoms with E-state index in [4.69, 9.17) is 13.3 Å². The Kier molecular flexibility index (Phi) is 6.83. The van der Waals surface area contributed by atoms with E-state index >= 15 is 0 Å². The Morgan fingerprint density at radius 2 is 1.24 bits per heavy atom. The summed E-state index contributed by atoms with van der Waals surface area (Å²) in [5.41, 5.74) is 0. The Morgan fingerprint density at radius 3 is 1.47 bits per heavy atom. The minimum absolute atomic E-state index is 0.129. The van der Waals surface area contributed by atoms with Crippen molar-refractivity contribution in [2.24, 2.45) is 0 Å². The van der Waals surface area contributed by atoms with E-state index < -0.39 is 16.9 Å². The third kappa shape index (κ3) is 6.87. The van der Waals surface area contributed by atoms with Crippen LogP contribution in [0.2, 0.25) is 18.1 Å². The first kappa shape index (κ1) is 17.5. The van der Waals surface area contributed by atoms with Crippen molar-refractivity contribution in [3.8, 4) is 0 Å². The summed E-state index contributed by atoms with van der Waals surface area (Å²) in [7, 11) is -3.05. The zero-order valence-corrected chi connectivity index (χ0v) is 14.7. The van der Waals surface area contributed by atoms with Crippen molar-refractivity contribution in [1.29, 1.82) is 0 Å². The highest BCUT2D eigenvalue weighted by Crippen LogP contribution is 2.50. The van der Waals surface area contributed by atoms with Gasteiger partial charge in [-0.3, -0.25) is 0 Å². The van der Waals surface area contributed by atoms with E-state index in [1.807, 2.05) is 27.7 Å². The van der Waals surface area contributed by atoms with Gasteiger partial charge in [-0.2, -0.15) is 0 Å². The van der Waals surface area contributed by atoms with Crippen LogP contribution in [0, 0.1) is 0 Å². The smallest absolute Gasteiger partial charge is 0.322 e. The predicted octanol–water partition coefficient (Wildman–Crippen LogP) is 5.09. The summed E-state index contributed by atoms with van der Waals surface area (Å²) in [5.74, 6) is 0. The molecule has 0 N–H and O–H groups in total. The molecular weight excluding hydrogens is 251 g/mol. The minimum atomic E-state index is -1.82. The monoisotopic (exact) mass is 280 g/mol. The largest absolute Gasteiger partial charge is 0.354 e. The van der Waals surface area contributed by atoms with Gasteiger partial charge in [-0.25, -0.2) is 0 Å². The van der Waals surface area contributed by atoms with Crippen molar-refractivity contribution < 1.29 is 13.3 Å². The van der Waals surface area contributed by atoms with E-state index in [1.54, 1.807) is 0 Å². The fourth-order valence-electron chi connectivity index (χ4n) is 0.735. The number of rotatable bonds is 6. The lowest BCUT2D eigenvalue weighted by molar-refractivity contribution is 0.140. The second-order valence-corrected chi connectivity index (χ2v) is 12.5. The van der Waals surface area contributed by atoms with E-state index in [-0.39, 0.29) is 17.2 Å². The summed E-state index contributed by atoms with van der Waals surface area (Å²) in [6.07, 6.45) is 0.259. The normalized spacial score (nSPS) is 14.1. The third-order valence-electron chi connectivity index (χ3n) is 2.70. The van der Waals surface area contributed by atoms with Gasteiger partial charge in [0.25, 0.3) is 0 Å². The molecule has 0 atom stereocenters. The molecular formula is C12H29O3PSi. The first-order chi connectivity index (χ1) is 7.45. The van der Waals surface area contributed by atoms with Gasteiger partial charge in [0.2, 0.25) is 8.32 Å². The first-order valence-electron chi connectivity index (χ1n) is 6.28. The maximum atomic E-state index is 6.18. The molecule has 0 aliphatic rings. The van der Waals surface area contributed by atoms with Crippen LogP contribution in [0.15, 0.2) is 0 Å². The van der Waals surface area contributed by atoms with E-state index in [2.05, 4.69) is 33.9 Å². The van der Waals surface area contributed by atoms with Gasteiger partial charge in [0, 0.05) is 0 Å². The van der Waals surface area contributed by atoms with Crippen LogP contribution in [0.3, 0.4) is 0 Å². The number of hydrogen-bond donors (Lipinski definition) is 0. The van der Waals surface area contributed by atoms with Crippen molar-refractivity contribution in [2.75, 3.05) is 0 Å². The molecule has 0 aromatic heterocycles. The molecule has 0 aromatic rings. The lowest BCUT2D eigenvalue weighted by Crippen LogP contribution is -2.39. The van der Waals surface area contributed by atoms with Crippen molar-refractivity contribution >= 4 is 16.9 Å². The van der Waals surface area contributed by atoms with Crippen molar-refractivity contribution in [1.82, 2.24) is 0 Å². The van der Waals surface area contributed by atoms with Crippen molar-refractivity contribution in [3.63, 3.8) is 0 Å². The SMILES string of the molecule is CC(C)OP(OC(C)C)O[Si](C)(C)C(C)(C)C. The van der Waals surface area contributed by atoms with Gasteiger partial charge in [-0.05, 0) is 45.8 Å². The molecule has 0 aliphatic carbocycles. The molecule has 0 amide bonds. The molecule has 17 heavy (non-hydrogen) atoms. The average Bonchev–Trinajstić information content (AvgIpc) is 1.96. The first-order valence-corrected chi connectivity index (χ1v) is 10.3. The molecule has 0 spiro atoms. The van der Waals surface area contributed by atoms with Crippen molar-refractivity contribution in [3.05, 3.63) is 0 Å². The fourth-order valence-corrected chi connectivity index (χ4v) is 4.40. The highest BCUT2D eigenvalue weighted by Gasteiger charge is 2.41. The molecule has 0 saturated heterocycles. The maximum absolute atomic E-state index is 6.18. The summed E-state index contributed by atoms with van der Waals surface area (Å²) in [5, 5.41) is 0.175. The molecule has 0 heterocycles. The fraction of sp³-hybridized carbons (Fsp3) is 1.00. The molecule has 0 radical (unpaired) electrons. The van der Waals surface area contributed by atoms with Crippen LogP contribution in [0.5, 0.6) is 0 Å². The molecule has 0 aliphatic heterocycles. The molecule has 104 valence electrons. The standard InChI is InChI=1S/C12H29O3PSi/c1-10(2)13-16(14-11(3)4)15-17(8,9)12(5,6)7/h10-11H,1-9H3. The molecule has 0 aromatic carbocycles. The van der Waals surface area contributed by atoms with Crippen LogP contribution in [0.4, 0.5) is 0 Å². The van der Waals surface area contributed by atoms with Gasteiger partial charge in [0.15, 0.2) is 0 Å². The molecule has 0 unspecified atom stereocenters. The summed E-state index contributed by atoms with van der Waals surface area (Å²) in [4.78, 5) is 0. The zero-order valence-electron chi connectivity index (χ0n) is 12.8. The van der Waals surface area contributed by atoms with Gasteiger partial charge in [0.1, 0.15) is 0 Å². The quantitative estimate of drug-likeness (QED) is 0.501. The van der Waals surface area contributed by atoms with Gasteiger partial charge < -0.3 is 13.3 Å². The van der Waals surface area contributed by atoms with E-state index in [0.29, 0.717) is 0 Å². The van der Waals surface area contributed by atoms with Crippen LogP contribution < -0.4 is 0 Å². The lowest BCUT2D eigenvalue weighted by atomic mass is 10.2. The average molecular weight is 280 g/mol. The summed E-state index contributed by atoms with van der Waals surface area (Å²) in [6.45, 7) is 19.1. The number of hydrogen-bond acceptors (Lipinski definition) is 3. The summed E-state index contributed by atoms with van der Waals surface area (Å²) >= 11 is 0. The Hall–Kier alpha value is 0.527. The van der Waals surface area contributed by atoms with Gasteiger partial charge in [0.05, 0.1) is 12.2 Å². The Morgan fingerprint density at radius 1 is 0.882 bits per heavy atom. The van der Waals surface area contributed by atoms with Crippen LogP contribution in [-0.4, -0.2) is 20.5 Å². The molecule has 5 heteroatoms. The molecule has 0 fully saturated rings. The van der Waals surface area contributed by atoms with Gasteiger partial charge >= 0.3 is 8.60 Å². The minimum Gasteiger partial charge on any atom is -0.354 e. The summed E-state index contributed by atoms with van der Waals surface area (Å²) < 4.78 is 17.7. The van der Waals surface area contributed by atoms with Gasteiger partial charge in [-0.15, -0.1) is 0 Å². The Balaban J connectivity index is 4.62. The van der Waals surface area contributed by atoms with Crippen LogP contribution in [0.25, 0.3) is 0 Å². The highest BCUT2D eigenvalue weighted by molar-refractivity contribution is 7.43. The highest BCUT2D eigenvalue weighted by atomic mass is 31.2. The third-order valence-corrected chi connectivity index (χ3v) is 9.92. The molecule has 0 rings (SSSR count). The second kappa shape index (κ2) is 6.62. The van der Waals surface area contributed by atoms with Crippen LogP contribution in [-0.2, 0) is 13.3 Å². The zero-order chi connectivity index (χ0) is 13.9. The molecule has 3 nitrogen and oxygen atoms in total. The topological polar surface area (TPSA) is 27.7 Å². The Bertz CT molecular complexity index is 214. The van der Waals surface area contributed by atoms with E-state index in [1.165, 1.54) is 0 Å². The Labute approximate surface area is 109 Å². The molecule has 0 saturated carbocycles. The van der Waals surface area contributed by atoms with Gasteiger partial charge in [-0.1, -0.05) is 20.8 Å². The second-order valence-electron chi connectivity index (χ2n) is 6.38. The molecule has 0 bridgehead atoms. The maximum Gasteiger partial charge on any atom is 0.322 e. The van der Waals surface area contributed by atoms with Crippen LogP contribution >= 0.6 is 8.60 Å². The van der Waals surface area contributed by atoms with E-state index in [0.717, 1.165) is 0 Å². The predicted molar refractivity (Wildman–Crippen MR) is 77.6 cm³/mol. The lowest BCUT2D eigenvalue weighted by Gasteiger charge is -2.38.